The Balaban J connectivity index is 1.86. The molecule has 0 aliphatic rings. The van der Waals surface area contributed by atoms with Gasteiger partial charge in [0.2, 0.25) is 0 Å². The Hall–Kier alpha value is -2.93. The maximum absolute atomic E-state index is 10.9. The standard InChI is InChI=1S/C16H14N4O2S/c1-10-2-7-13(20(21)22)8-14(10)18-16-19-15(9-23-16)11-3-5-12(17)6-4-11/h2-9H,17H2,1H3,(H,18,19). The van der Waals surface area contributed by atoms with E-state index in [2.05, 4.69) is 10.3 Å². The molecule has 1 aromatic heterocycles. The number of hydrogen-bond acceptors (Lipinski definition) is 6. The molecule has 3 N–H and O–H groups in total. The minimum atomic E-state index is -0.410. The zero-order valence-electron chi connectivity index (χ0n) is 12.3. The highest BCUT2D eigenvalue weighted by Gasteiger charge is 2.11. The van der Waals surface area contributed by atoms with Crippen LogP contribution < -0.4 is 11.1 Å². The van der Waals surface area contributed by atoms with Crippen molar-refractivity contribution in [2.24, 2.45) is 0 Å². The second-order valence-corrected chi connectivity index (χ2v) is 5.90. The van der Waals surface area contributed by atoms with Gasteiger partial charge in [0.25, 0.3) is 5.69 Å². The Morgan fingerprint density at radius 1 is 1.22 bits per heavy atom. The van der Waals surface area contributed by atoms with Gasteiger partial charge in [0.15, 0.2) is 5.13 Å². The average Bonchev–Trinajstić information content (AvgIpc) is 2.98. The molecule has 2 aromatic carbocycles. The van der Waals surface area contributed by atoms with Gasteiger partial charge in [0, 0.05) is 28.8 Å². The highest BCUT2D eigenvalue weighted by atomic mass is 32.1. The van der Waals surface area contributed by atoms with Crippen molar-refractivity contribution >= 4 is 33.5 Å². The smallest absolute Gasteiger partial charge is 0.271 e. The molecule has 7 heteroatoms. The Bertz CT molecular complexity index is 859. The molecule has 0 aliphatic carbocycles. The van der Waals surface area contributed by atoms with Crippen molar-refractivity contribution in [1.29, 1.82) is 0 Å². The topological polar surface area (TPSA) is 94.1 Å². The van der Waals surface area contributed by atoms with E-state index < -0.39 is 4.92 Å². The quantitative estimate of drug-likeness (QED) is 0.422. The van der Waals surface area contributed by atoms with Crippen LogP contribution in [0.4, 0.5) is 22.2 Å². The number of nitrogens with zero attached hydrogens (tertiary/aromatic N) is 2. The monoisotopic (exact) mass is 326 g/mol. The first-order valence-corrected chi connectivity index (χ1v) is 7.74. The molecule has 0 spiro atoms. The SMILES string of the molecule is Cc1ccc([N+](=O)[O-])cc1Nc1nc(-c2ccc(N)cc2)cs1. The van der Waals surface area contributed by atoms with Gasteiger partial charge in [-0.2, -0.15) is 0 Å². The lowest BCUT2D eigenvalue weighted by Crippen LogP contribution is -1.95. The zero-order chi connectivity index (χ0) is 16.4. The third-order valence-electron chi connectivity index (χ3n) is 3.38. The number of nitro groups is 1. The normalized spacial score (nSPS) is 10.5. The molecule has 1 heterocycles. The van der Waals surface area contributed by atoms with Crippen LogP contribution >= 0.6 is 11.3 Å². The summed E-state index contributed by atoms with van der Waals surface area (Å²) in [5.41, 5.74) is 9.83. The minimum absolute atomic E-state index is 0.0495. The summed E-state index contributed by atoms with van der Waals surface area (Å²) >= 11 is 1.44. The maximum atomic E-state index is 10.9. The predicted octanol–water partition coefficient (Wildman–Crippen LogP) is 4.35. The van der Waals surface area contributed by atoms with Crippen molar-refractivity contribution in [2.75, 3.05) is 11.1 Å². The molecule has 116 valence electrons. The molecule has 0 unspecified atom stereocenters. The molecular formula is C16H14N4O2S. The molecule has 3 aromatic rings. The van der Waals surface area contributed by atoms with E-state index in [-0.39, 0.29) is 5.69 Å². The first kappa shape index (κ1) is 15.0. The summed E-state index contributed by atoms with van der Waals surface area (Å²) in [7, 11) is 0. The van der Waals surface area contributed by atoms with Gasteiger partial charge in [-0.25, -0.2) is 4.98 Å². The van der Waals surface area contributed by atoms with E-state index in [9.17, 15) is 10.1 Å². The first-order chi connectivity index (χ1) is 11.0. The van der Waals surface area contributed by atoms with Crippen LogP contribution in [0.5, 0.6) is 0 Å². The fraction of sp³-hybridized carbons (Fsp3) is 0.0625. The maximum Gasteiger partial charge on any atom is 0.271 e. The van der Waals surface area contributed by atoms with E-state index in [4.69, 9.17) is 5.73 Å². The van der Waals surface area contributed by atoms with Gasteiger partial charge in [-0.05, 0) is 24.6 Å². The molecular weight excluding hydrogens is 312 g/mol. The van der Waals surface area contributed by atoms with Crippen LogP contribution in [0, 0.1) is 17.0 Å². The minimum Gasteiger partial charge on any atom is -0.399 e. The molecule has 6 nitrogen and oxygen atoms in total. The number of nitrogen functional groups attached to an aromatic ring is 1. The van der Waals surface area contributed by atoms with E-state index in [1.54, 1.807) is 6.07 Å². The van der Waals surface area contributed by atoms with Crippen LogP contribution in [0.25, 0.3) is 11.3 Å². The van der Waals surface area contributed by atoms with Crippen molar-refractivity contribution in [3.05, 3.63) is 63.5 Å². The number of nitrogens with two attached hydrogens (primary N) is 1. The summed E-state index contributed by atoms with van der Waals surface area (Å²) in [5, 5.41) is 16.6. The molecule has 0 fully saturated rings. The van der Waals surface area contributed by atoms with Crippen molar-refractivity contribution < 1.29 is 4.92 Å². The van der Waals surface area contributed by atoms with Gasteiger partial charge in [-0.3, -0.25) is 10.1 Å². The third kappa shape index (κ3) is 3.29. The summed E-state index contributed by atoms with van der Waals surface area (Å²) in [6.45, 7) is 1.89. The Labute approximate surface area is 136 Å². The summed E-state index contributed by atoms with van der Waals surface area (Å²) in [6.07, 6.45) is 0. The van der Waals surface area contributed by atoms with Crippen molar-refractivity contribution in [2.45, 2.75) is 6.92 Å². The molecule has 0 saturated carbocycles. The number of rotatable bonds is 4. The summed E-state index contributed by atoms with van der Waals surface area (Å²) in [6, 6.07) is 12.2. The van der Waals surface area contributed by atoms with E-state index in [0.29, 0.717) is 16.5 Å². The van der Waals surface area contributed by atoms with Gasteiger partial charge < -0.3 is 11.1 Å². The highest BCUT2D eigenvalue weighted by molar-refractivity contribution is 7.14. The van der Waals surface area contributed by atoms with E-state index in [0.717, 1.165) is 16.8 Å². The molecule has 23 heavy (non-hydrogen) atoms. The second-order valence-electron chi connectivity index (χ2n) is 5.04. The van der Waals surface area contributed by atoms with Crippen LogP contribution in [0.15, 0.2) is 47.8 Å². The fourth-order valence-electron chi connectivity index (χ4n) is 2.09. The van der Waals surface area contributed by atoms with E-state index in [1.165, 1.54) is 23.5 Å². The average molecular weight is 326 g/mol. The van der Waals surface area contributed by atoms with Crippen LogP contribution in [0.1, 0.15) is 5.56 Å². The Morgan fingerprint density at radius 3 is 2.65 bits per heavy atom. The van der Waals surface area contributed by atoms with Crippen LogP contribution in [-0.2, 0) is 0 Å². The molecule has 0 radical (unpaired) electrons. The third-order valence-corrected chi connectivity index (χ3v) is 4.14. The van der Waals surface area contributed by atoms with Gasteiger partial charge in [-0.1, -0.05) is 18.2 Å². The molecule has 0 saturated heterocycles. The number of aryl methyl sites for hydroxylation is 1. The summed E-state index contributed by atoms with van der Waals surface area (Å²) in [4.78, 5) is 15.0. The number of benzene rings is 2. The van der Waals surface area contributed by atoms with Gasteiger partial charge >= 0.3 is 0 Å². The van der Waals surface area contributed by atoms with Crippen LogP contribution in [0.3, 0.4) is 0 Å². The number of hydrogen-bond donors (Lipinski definition) is 2. The lowest BCUT2D eigenvalue weighted by Gasteiger charge is -2.06. The lowest BCUT2D eigenvalue weighted by molar-refractivity contribution is -0.384. The number of aromatic nitrogens is 1. The lowest BCUT2D eigenvalue weighted by atomic mass is 10.1. The van der Waals surface area contributed by atoms with Crippen LogP contribution in [0.2, 0.25) is 0 Å². The largest absolute Gasteiger partial charge is 0.399 e. The summed E-state index contributed by atoms with van der Waals surface area (Å²) < 4.78 is 0. The van der Waals surface area contributed by atoms with Crippen LogP contribution in [-0.4, -0.2) is 9.91 Å². The van der Waals surface area contributed by atoms with Gasteiger partial charge in [0.1, 0.15) is 0 Å². The predicted molar refractivity (Wildman–Crippen MR) is 93.1 cm³/mol. The first-order valence-electron chi connectivity index (χ1n) is 6.86. The number of nitro benzene ring substituents is 1. The zero-order valence-corrected chi connectivity index (χ0v) is 13.1. The molecule has 0 atom stereocenters. The van der Waals surface area contributed by atoms with Gasteiger partial charge in [0.05, 0.1) is 16.3 Å². The molecule has 3 rings (SSSR count). The number of thiazole rings is 1. The van der Waals surface area contributed by atoms with Crippen molar-refractivity contribution in [3.8, 4) is 11.3 Å². The fourth-order valence-corrected chi connectivity index (χ4v) is 2.82. The summed E-state index contributed by atoms with van der Waals surface area (Å²) in [5.74, 6) is 0. The Kier molecular flexibility index (Phi) is 3.94. The Morgan fingerprint density at radius 2 is 1.96 bits per heavy atom. The highest BCUT2D eigenvalue weighted by Crippen LogP contribution is 2.30. The number of anilines is 3. The molecule has 0 aliphatic heterocycles. The molecule has 0 amide bonds. The van der Waals surface area contributed by atoms with E-state index in [1.807, 2.05) is 36.6 Å². The number of nitrogens with one attached hydrogen (secondary N) is 1. The van der Waals surface area contributed by atoms with Gasteiger partial charge in [-0.15, -0.1) is 11.3 Å². The molecule has 0 bridgehead atoms. The van der Waals surface area contributed by atoms with E-state index >= 15 is 0 Å². The second kappa shape index (κ2) is 6.05. The van der Waals surface area contributed by atoms with Crippen molar-refractivity contribution in [1.82, 2.24) is 4.98 Å². The van der Waals surface area contributed by atoms with Crippen molar-refractivity contribution in [3.63, 3.8) is 0 Å². The number of non-ortho nitro benzene ring substituents is 1.